The maximum absolute atomic E-state index is 12.7. The first-order valence-electron chi connectivity index (χ1n) is 10.2. The molecular formula is C21H24N6O3S. The summed E-state index contributed by atoms with van der Waals surface area (Å²) in [4.78, 5) is 12.7. The summed E-state index contributed by atoms with van der Waals surface area (Å²) in [5, 5.41) is 13.9. The summed E-state index contributed by atoms with van der Waals surface area (Å²) in [6.07, 6.45) is 5.18. The van der Waals surface area contributed by atoms with Gasteiger partial charge in [-0.3, -0.25) is 4.79 Å². The first kappa shape index (κ1) is 21.1. The molecule has 10 heteroatoms. The Kier molecular flexibility index (Phi) is 6.38. The molecule has 0 radical (unpaired) electrons. The van der Waals surface area contributed by atoms with Crippen molar-refractivity contribution in [3.05, 3.63) is 60.4 Å². The Morgan fingerprint density at radius 3 is 2.52 bits per heavy atom. The molecule has 0 spiro atoms. The average Bonchev–Trinajstić information content (AvgIpc) is 3.34. The highest BCUT2D eigenvalue weighted by Crippen LogP contribution is 2.21. The van der Waals surface area contributed by atoms with E-state index >= 15 is 0 Å². The van der Waals surface area contributed by atoms with Crippen LogP contribution >= 0.6 is 0 Å². The standard InChI is InChI=1S/C21H24N6O3S/c28-21(23-18-5-4-6-19(15-18)27-16-22-24-25-27)12-9-17-7-10-20(11-8-17)31(29,30)26-13-2-1-3-14-26/h4-8,10-11,15-16H,1-3,9,12-14H2,(H,23,28). The molecule has 1 aromatic heterocycles. The van der Waals surface area contributed by atoms with Crippen molar-refractivity contribution in [2.45, 2.75) is 37.0 Å². The number of aryl methyl sites for hydroxylation is 1. The SMILES string of the molecule is O=C(CCc1ccc(S(=O)(=O)N2CCCCC2)cc1)Nc1cccc(-n2cnnn2)c1. The highest BCUT2D eigenvalue weighted by Gasteiger charge is 2.25. The average molecular weight is 441 g/mol. The second kappa shape index (κ2) is 9.36. The quantitative estimate of drug-likeness (QED) is 0.604. The van der Waals surface area contributed by atoms with Gasteiger partial charge in [0.2, 0.25) is 15.9 Å². The zero-order chi connectivity index (χ0) is 21.7. The highest BCUT2D eigenvalue weighted by molar-refractivity contribution is 7.89. The lowest BCUT2D eigenvalue weighted by molar-refractivity contribution is -0.116. The monoisotopic (exact) mass is 440 g/mol. The van der Waals surface area contributed by atoms with Crippen molar-refractivity contribution in [1.29, 1.82) is 0 Å². The molecule has 9 nitrogen and oxygen atoms in total. The lowest BCUT2D eigenvalue weighted by Gasteiger charge is -2.25. The van der Waals surface area contributed by atoms with Gasteiger partial charge in [-0.1, -0.05) is 24.6 Å². The van der Waals surface area contributed by atoms with Crippen LogP contribution in [0, 0.1) is 0 Å². The zero-order valence-electron chi connectivity index (χ0n) is 17.0. The summed E-state index contributed by atoms with van der Waals surface area (Å²) >= 11 is 0. The van der Waals surface area contributed by atoms with E-state index in [2.05, 4.69) is 20.8 Å². The third-order valence-corrected chi connectivity index (χ3v) is 7.17. The predicted octanol–water partition coefficient (Wildman–Crippen LogP) is 2.41. The Morgan fingerprint density at radius 1 is 1.03 bits per heavy atom. The number of aromatic nitrogens is 4. The van der Waals surface area contributed by atoms with Crippen molar-refractivity contribution in [3.63, 3.8) is 0 Å². The first-order valence-corrected chi connectivity index (χ1v) is 11.7. The lowest BCUT2D eigenvalue weighted by Crippen LogP contribution is -2.35. The number of piperidine rings is 1. The number of sulfonamides is 1. The van der Waals surface area contributed by atoms with Gasteiger partial charge in [0.1, 0.15) is 6.33 Å². The molecule has 2 aromatic carbocycles. The van der Waals surface area contributed by atoms with Crippen LogP contribution in [0.2, 0.25) is 0 Å². The number of rotatable bonds is 7. The van der Waals surface area contributed by atoms with Crippen LogP contribution in [-0.4, -0.2) is 51.9 Å². The van der Waals surface area contributed by atoms with Gasteiger partial charge in [-0.25, -0.2) is 13.1 Å². The third kappa shape index (κ3) is 5.15. The number of anilines is 1. The maximum Gasteiger partial charge on any atom is 0.243 e. The summed E-state index contributed by atoms with van der Waals surface area (Å²) in [6.45, 7) is 1.16. The van der Waals surface area contributed by atoms with E-state index in [1.807, 2.05) is 12.1 Å². The normalized spacial score (nSPS) is 15.0. The number of hydrogen-bond acceptors (Lipinski definition) is 6. The van der Waals surface area contributed by atoms with Gasteiger partial charge in [-0.05, 0) is 65.6 Å². The first-order chi connectivity index (χ1) is 15.0. The fourth-order valence-electron chi connectivity index (χ4n) is 3.57. The Morgan fingerprint density at radius 2 is 1.81 bits per heavy atom. The molecule has 0 atom stereocenters. The molecule has 1 amide bonds. The highest BCUT2D eigenvalue weighted by atomic mass is 32.2. The second-order valence-electron chi connectivity index (χ2n) is 7.46. The van der Waals surface area contributed by atoms with Crippen molar-refractivity contribution in [2.24, 2.45) is 0 Å². The van der Waals surface area contributed by atoms with E-state index in [4.69, 9.17) is 0 Å². The summed E-state index contributed by atoms with van der Waals surface area (Å²) < 4.78 is 28.5. The fourth-order valence-corrected chi connectivity index (χ4v) is 5.09. The summed E-state index contributed by atoms with van der Waals surface area (Å²) in [5.41, 5.74) is 2.31. The number of nitrogens with one attached hydrogen (secondary N) is 1. The molecule has 1 fully saturated rings. The summed E-state index contributed by atoms with van der Waals surface area (Å²) in [7, 11) is -3.44. The number of carbonyl (C=O) groups is 1. The van der Waals surface area contributed by atoms with Gasteiger partial charge in [0.15, 0.2) is 0 Å². The topological polar surface area (TPSA) is 110 Å². The van der Waals surface area contributed by atoms with Crippen LogP contribution < -0.4 is 5.32 Å². The molecule has 1 saturated heterocycles. The number of tetrazole rings is 1. The van der Waals surface area contributed by atoms with Gasteiger partial charge in [-0.2, -0.15) is 4.31 Å². The van der Waals surface area contributed by atoms with Gasteiger partial charge in [0.05, 0.1) is 10.6 Å². The third-order valence-electron chi connectivity index (χ3n) is 5.26. The van der Waals surface area contributed by atoms with E-state index < -0.39 is 10.0 Å². The van der Waals surface area contributed by atoms with Crippen molar-refractivity contribution in [3.8, 4) is 5.69 Å². The number of carbonyl (C=O) groups excluding carboxylic acids is 1. The maximum atomic E-state index is 12.7. The number of benzene rings is 2. The number of nitrogens with zero attached hydrogens (tertiary/aromatic N) is 5. The smallest absolute Gasteiger partial charge is 0.243 e. The molecule has 1 aliphatic heterocycles. The molecule has 0 unspecified atom stereocenters. The van der Waals surface area contributed by atoms with E-state index in [1.165, 1.54) is 11.0 Å². The molecule has 4 rings (SSSR count). The molecule has 0 aliphatic carbocycles. The van der Waals surface area contributed by atoms with Crippen LogP contribution in [0.1, 0.15) is 31.2 Å². The summed E-state index contributed by atoms with van der Waals surface area (Å²) in [6, 6.07) is 14.1. The minimum Gasteiger partial charge on any atom is -0.326 e. The van der Waals surface area contributed by atoms with Crippen LogP contribution in [0.15, 0.2) is 59.8 Å². The van der Waals surface area contributed by atoms with Crippen molar-refractivity contribution in [2.75, 3.05) is 18.4 Å². The van der Waals surface area contributed by atoms with Gasteiger partial charge < -0.3 is 5.32 Å². The van der Waals surface area contributed by atoms with Crippen LogP contribution in [0.3, 0.4) is 0 Å². The fraction of sp³-hybridized carbons (Fsp3) is 0.333. The molecule has 0 bridgehead atoms. The largest absolute Gasteiger partial charge is 0.326 e. The minimum atomic E-state index is -3.44. The Bertz CT molecular complexity index is 1120. The molecule has 0 saturated carbocycles. The van der Waals surface area contributed by atoms with E-state index in [1.54, 1.807) is 40.7 Å². The zero-order valence-corrected chi connectivity index (χ0v) is 17.8. The van der Waals surface area contributed by atoms with Crippen molar-refractivity contribution in [1.82, 2.24) is 24.5 Å². The summed E-state index contributed by atoms with van der Waals surface area (Å²) in [5.74, 6) is -0.126. The van der Waals surface area contributed by atoms with Crippen molar-refractivity contribution < 1.29 is 13.2 Å². The molecule has 31 heavy (non-hydrogen) atoms. The van der Waals surface area contributed by atoms with Crippen LogP contribution in [0.25, 0.3) is 5.69 Å². The second-order valence-corrected chi connectivity index (χ2v) is 9.40. The van der Waals surface area contributed by atoms with Crippen LogP contribution in [-0.2, 0) is 21.2 Å². The number of amides is 1. The van der Waals surface area contributed by atoms with Crippen LogP contribution in [0.4, 0.5) is 5.69 Å². The van der Waals surface area contributed by atoms with E-state index in [0.29, 0.717) is 30.1 Å². The molecular weight excluding hydrogens is 416 g/mol. The van der Waals surface area contributed by atoms with Crippen molar-refractivity contribution >= 4 is 21.6 Å². The Balaban J connectivity index is 1.33. The minimum absolute atomic E-state index is 0.126. The predicted molar refractivity (Wildman–Crippen MR) is 115 cm³/mol. The van der Waals surface area contributed by atoms with Gasteiger partial charge in [0, 0.05) is 25.2 Å². The van der Waals surface area contributed by atoms with Gasteiger partial charge in [-0.15, -0.1) is 5.10 Å². The van der Waals surface area contributed by atoms with E-state index in [-0.39, 0.29) is 12.3 Å². The number of hydrogen-bond donors (Lipinski definition) is 1. The van der Waals surface area contributed by atoms with E-state index in [0.717, 1.165) is 30.5 Å². The molecule has 3 aromatic rings. The van der Waals surface area contributed by atoms with Gasteiger partial charge in [0.25, 0.3) is 0 Å². The van der Waals surface area contributed by atoms with E-state index in [9.17, 15) is 13.2 Å². The molecule has 1 aliphatic rings. The van der Waals surface area contributed by atoms with Crippen LogP contribution in [0.5, 0.6) is 0 Å². The Hall–Kier alpha value is -3.11. The molecule has 1 N–H and O–H groups in total. The lowest BCUT2D eigenvalue weighted by atomic mass is 10.1. The Labute approximate surface area is 181 Å². The molecule has 2 heterocycles. The van der Waals surface area contributed by atoms with Gasteiger partial charge >= 0.3 is 0 Å². The molecule has 162 valence electrons.